The second-order valence-electron chi connectivity index (χ2n) is 7.10. The van der Waals surface area contributed by atoms with Crippen molar-refractivity contribution in [2.45, 2.75) is 19.9 Å². The summed E-state index contributed by atoms with van der Waals surface area (Å²) in [6, 6.07) is 8.78. The third kappa shape index (κ3) is 3.01. The summed E-state index contributed by atoms with van der Waals surface area (Å²) in [4.78, 5) is 5.13. The molecule has 0 aromatic heterocycles. The molecule has 2 heterocycles. The summed E-state index contributed by atoms with van der Waals surface area (Å²) >= 11 is 0. The van der Waals surface area contributed by atoms with Crippen molar-refractivity contribution in [3.05, 3.63) is 35.4 Å². The highest BCUT2D eigenvalue weighted by atomic mass is 16.5. The number of likely N-dealkylation sites (tertiary alicyclic amines) is 2. The molecule has 2 atom stereocenters. The number of ether oxygens (including phenoxy) is 1. The van der Waals surface area contributed by atoms with E-state index in [4.69, 9.17) is 4.74 Å². The van der Waals surface area contributed by atoms with Gasteiger partial charge < -0.3 is 9.64 Å². The van der Waals surface area contributed by atoms with Crippen LogP contribution in [0.25, 0.3) is 0 Å². The molecule has 0 N–H and O–H groups in total. The molecule has 21 heavy (non-hydrogen) atoms. The monoisotopic (exact) mass is 288 g/mol. The van der Waals surface area contributed by atoms with E-state index in [-0.39, 0.29) is 0 Å². The summed E-state index contributed by atoms with van der Waals surface area (Å²) in [6.45, 7) is 9.08. The van der Waals surface area contributed by atoms with Crippen LogP contribution in [-0.4, -0.2) is 56.7 Å². The lowest BCUT2D eigenvalue weighted by Crippen LogP contribution is -2.36. The fourth-order valence-corrected chi connectivity index (χ4v) is 4.34. The molecule has 0 radical (unpaired) electrons. The van der Waals surface area contributed by atoms with Crippen LogP contribution in [0.3, 0.4) is 0 Å². The average molecular weight is 288 g/mol. The Balaban J connectivity index is 1.68. The summed E-state index contributed by atoms with van der Waals surface area (Å²) in [5.74, 6) is 0.689. The molecule has 0 aliphatic carbocycles. The van der Waals surface area contributed by atoms with Crippen LogP contribution in [-0.2, 0) is 11.3 Å². The zero-order valence-corrected chi connectivity index (χ0v) is 13.6. The topological polar surface area (TPSA) is 15.7 Å². The molecule has 2 fully saturated rings. The van der Waals surface area contributed by atoms with Crippen LogP contribution in [0.4, 0.5) is 0 Å². The average Bonchev–Trinajstić information content (AvgIpc) is 2.98. The van der Waals surface area contributed by atoms with Gasteiger partial charge in [0.2, 0.25) is 0 Å². The van der Waals surface area contributed by atoms with Gasteiger partial charge >= 0.3 is 0 Å². The number of hydrogen-bond donors (Lipinski definition) is 0. The highest BCUT2D eigenvalue weighted by Crippen LogP contribution is 2.43. The molecule has 2 aliphatic heterocycles. The van der Waals surface area contributed by atoms with Gasteiger partial charge in [-0.25, -0.2) is 0 Å². The minimum absolute atomic E-state index is 0.452. The molecule has 3 heteroatoms. The third-order valence-corrected chi connectivity index (χ3v) is 5.47. The number of aryl methyl sites for hydroxylation is 1. The fraction of sp³-hybridized carbons (Fsp3) is 0.667. The maximum atomic E-state index is 5.49. The Morgan fingerprint density at radius 3 is 2.86 bits per heavy atom. The van der Waals surface area contributed by atoms with E-state index in [2.05, 4.69) is 48.0 Å². The van der Waals surface area contributed by atoms with Gasteiger partial charge in [0.05, 0.1) is 6.61 Å². The first kappa shape index (κ1) is 15.0. The van der Waals surface area contributed by atoms with Crippen molar-refractivity contribution < 1.29 is 4.74 Å². The number of hydrogen-bond acceptors (Lipinski definition) is 3. The smallest absolute Gasteiger partial charge is 0.0509 e. The van der Waals surface area contributed by atoms with E-state index in [1.54, 1.807) is 0 Å². The normalized spacial score (nSPS) is 30.5. The van der Waals surface area contributed by atoms with Crippen molar-refractivity contribution in [3.8, 4) is 0 Å². The summed E-state index contributed by atoms with van der Waals surface area (Å²) < 4.78 is 5.49. The largest absolute Gasteiger partial charge is 0.384 e. The molecule has 3 nitrogen and oxygen atoms in total. The molecule has 0 unspecified atom stereocenters. The lowest BCUT2D eigenvalue weighted by atomic mass is 9.77. The summed E-state index contributed by atoms with van der Waals surface area (Å²) in [5, 5.41) is 0. The zero-order valence-electron chi connectivity index (χ0n) is 13.6. The van der Waals surface area contributed by atoms with E-state index >= 15 is 0 Å². The lowest BCUT2D eigenvalue weighted by molar-refractivity contribution is 0.0958. The van der Waals surface area contributed by atoms with Crippen LogP contribution in [0.1, 0.15) is 17.5 Å². The van der Waals surface area contributed by atoms with Crippen LogP contribution in [0.15, 0.2) is 24.3 Å². The van der Waals surface area contributed by atoms with E-state index in [1.165, 1.54) is 43.7 Å². The molecule has 2 aliphatic rings. The van der Waals surface area contributed by atoms with Gasteiger partial charge in [-0.05, 0) is 38.1 Å². The van der Waals surface area contributed by atoms with E-state index in [0.717, 1.165) is 13.2 Å². The van der Waals surface area contributed by atoms with Gasteiger partial charge in [0.25, 0.3) is 0 Å². The van der Waals surface area contributed by atoms with Gasteiger partial charge in [0.1, 0.15) is 0 Å². The Kier molecular flexibility index (Phi) is 4.34. The molecule has 116 valence electrons. The van der Waals surface area contributed by atoms with Crippen LogP contribution in [0.2, 0.25) is 0 Å². The molecule has 1 spiro atoms. The molecule has 0 amide bonds. The van der Waals surface area contributed by atoms with Crippen LogP contribution >= 0.6 is 0 Å². The Morgan fingerprint density at radius 1 is 1.29 bits per heavy atom. The van der Waals surface area contributed by atoms with Crippen molar-refractivity contribution in [1.29, 1.82) is 0 Å². The molecule has 0 saturated carbocycles. The number of benzene rings is 1. The standard InChI is InChI=1S/C18H28N2O/c1-15-6-4-5-7-16(15)10-20-9-8-18(14-20)13-19(2)11-17(18)12-21-3/h4-7,17H,8-14H2,1-3H3/t17-,18-/m0/s1. The van der Waals surface area contributed by atoms with E-state index in [0.29, 0.717) is 11.3 Å². The van der Waals surface area contributed by atoms with Crippen molar-refractivity contribution in [2.75, 3.05) is 46.9 Å². The maximum Gasteiger partial charge on any atom is 0.0509 e. The predicted molar refractivity (Wildman–Crippen MR) is 86.4 cm³/mol. The third-order valence-electron chi connectivity index (χ3n) is 5.47. The molecule has 0 bridgehead atoms. The minimum atomic E-state index is 0.452. The summed E-state index contributed by atoms with van der Waals surface area (Å²) in [6.07, 6.45) is 1.32. The maximum absolute atomic E-state index is 5.49. The highest BCUT2D eigenvalue weighted by molar-refractivity contribution is 5.25. The second kappa shape index (κ2) is 6.07. The van der Waals surface area contributed by atoms with E-state index in [1.807, 2.05) is 7.11 Å². The minimum Gasteiger partial charge on any atom is -0.384 e. The van der Waals surface area contributed by atoms with Gasteiger partial charge in [-0.1, -0.05) is 24.3 Å². The quantitative estimate of drug-likeness (QED) is 0.846. The van der Waals surface area contributed by atoms with Gasteiger partial charge in [-0.3, -0.25) is 4.90 Å². The van der Waals surface area contributed by atoms with Gasteiger partial charge in [0.15, 0.2) is 0 Å². The van der Waals surface area contributed by atoms with E-state index < -0.39 is 0 Å². The number of rotatable bonds is 4. The first-order valence-electron chi connectivity index (χ1n) is 8.07. The number of nitrogens with zero attached hydrogens (tertiary/aromatic N) is 2. The number of methoxy groups -OCH3 is 1. The van der Waals surface area contributed by atoms with Gasteiger partial charge in [0, 0.05) is 44.6 Å². The van der Waals surface area contributed by atoms with Gasteiger partial charge in [-0.2, -0.15) is 0 Å². The Bertz CT molecular complexity index is 490. The Morgan fingerprint density at radius 2 is 2.10 bits per heavy atom. The Labute approximate surface area is 128 Å². The summed E-state index contributed by atoms with van der Waals surface area (Å²) in [7, 11) is 4.09. The van der Waals surface area contributed by atoms with Crippen LogP contribution in [0, 0.1) is 18.3 Å². The molecule has 1 aromatic carbocycles. The fourth-order valence-electron chi connectivity index (χ4n) is 4.34. The van der Waals surface area contributed by atoms with Crippen molar-refractivity contribution in [2.24, 2.45) is 11.3 Å². The van der Waals surface area contributed by atoms with Crippen molar-refractivity contribution >= 4 is 0 Å². The zero-order chi connectivity index (χ0) is 14.9. The van der Waals surface area contributed by atoms with Crippen molar-refractivity contribution in [1.82, 2.24) is 9.80 Å². The molecular weight excluding hydrogens is 260 g/mol. The highest BCUT2D eigenvalue weighted by Gasteiger charge is 2.49. The summed E-state index contributed by atoms with van der Waals surface area (Å²) in [5.41, 5.74) is 3.34. The molecule has 3 rings (SSSR count). The van der Waals surface area contributed by atoms with Crippen molar-refractivity contribution in [3.63, 3.8) is 0 Å². The van der Waals surface area contributed by atoms with Crippen LogP contribution in [0.5, 0.6) is 0 Å². The molecular formula is C18H28N2O. The van der Waals surface area contributed by atoms with Gasteiger partial charge in [-0.15, -0.1) is 0 Å². The first-order chi connectivity index (χ1) is 10.1. The second-order valence-corrected chi connectivity index (χ2v) is 7.10. The SMILES string of the molecule is COC[C@@H]1CN(C)C[C@]12CCN(Cc1ccccc1C)C2. The van der Waals surface area contributed by atoms with E-state index in [9.17, 15) is 0 Å². The van der Waals surface area contributed by atoms with Crippen LogP contribution < -0.4 is 0 Å². The molecule has 2 saturated heterocycles. The Hall–Kier alpha value is -0.900. The predicted octanol–water partition coefficient (Wildman–Crippen LogP) is 2.40. The lowest BCUT2D eigenvalue weighted by Gasteiger charge is -2.30. The molecule has 1 aromatic rings. The first-order valence-corrected chi connectivity index (χ1v) is 8.07.